The summed E-state index contributed by atoms with van der Waals surface area (Å²) in [5, 5.41) is 10.5. The number of halogens is 2. The van der Waals surface area contributed by atoms with Crippen molar-refractivity contribution < 1.29 is 13.6 Å². The van der Waals surface area contributed by atoms with E-state index in [0.717, 1.165) is 18.0 Å². The molecule has 1 atom stereocenters. The second kappa shape index (κ2) is 5.99. The molecule has 0 fully saturated rings. The first-order valence-corrected chi connectivity index (χ1v) is 6.47. The van der Waals surface area contributed by atoms with Crippen molar-refractivity contribution in [3.63, 3.8) is 0 Å². The van der Waals surface area contributed by atoms with E-state index in [0.29, 0.717) is 11.4 Å². The van der Waals surface area contributed by atoms with Crippen molar-refractivity contribution in [2.24, 2.45) is 7.05 Å². The van der Waals surface area contributed by atoms with Crippen molar-refractivity contribution in [2.75, 3.05) is 0 Å². The number of rotatable bonds is 4. The second-order valence-electron chi connectivity index (χ2n) is 4.84. The highest BCUT2D eigenvalue weighted by molar-refractivity contribution is 5.83. The van der Waals surface area contributed by atoms with E-state index in [1.807, 2.05) is 6.92 Å². The van der Waals surface area contributed by atoms with Gasteiger partial charge in [-0.3, -0.25) is 4.79 Å². The first-order chi connectivity index (χ1) is 9.90. The maximum absolute atomic E-state index is 13.2. The van der Waals surface area contributed by atoms with Crippen LogP contribution in [0.3, 0.4) is 0 Å². The Bertz CT molecular complexity index is 669. The summed E-state index contributed by atoms with van der Waals surface area (Å²) in [6.45, 7) is 3.66. The van der Waals surface area contributed by atoms with E-state index in [4.69, 9.17) is 0 Å². The van der Waals surface area contributed by atoms with Crippen LogP contribution in [0, 0.1) is 18.6 Å². The minimum absolute atomic E-state index is 0.226. The highest BCUT2D eigenvalue weighted by Crippen LogP contribution is 2.18. The molecule has 0 saturated heterocycles. The molecule has 1 amide bonds. The van der Waals surface area contributed by atoms with Crippen molar-refractivity contribution in [3.05, 3.63) is 47.0 Å². The Morgan fingerprint density at radius 2 is 2.05 bits per heavy atom. The molecule has 0 aliphatic carbocycles. The Labute approximate surface area is 121 Å². The summed E-state index contributed by atoms with van der Waals surface area (Å²) >= 11 is 0. The summed E-state index contributed by atoms with van der Waals surface area (Å²) < 4.78 is 27.8. The van der Waals surface area contributed by atoms with Crippen LogP contribution in [0.15, 0.2) is 18.2 Å². The topological polar surface area (TPSA) is 59.8 Å². The molecule has 0 aliphatic rings. The summed E-state index contributed by atoms with van der Waals surface area (Å²) in [4.78, 5) is 12.0. The number of nitrogens with one attached hydrogen (secondary N) is 1. The second-order valence-corrected chi connectivity index (χ2v) is 4.84. The highest BCUT2D eigenvalue weighted by atomic mass is 19.2. The monoisotopic (exact) mass is 294 g/mol. The fraction of sp³-hybridized carbons (Fsp3) is 0.357. The van der Waals surface area contributed by atoms with E-state index >= 15 is 0 Å². The molecule has 0 aliphatic heterocycles. The molecule has 2 aromatic rings. The van der Waals surface area contributed by atoms with E-state index in [9.17, 15) is 13.6 Å². The van der Waals surface area contributed by atoms with Gasteiger partial charge in [0, 0.05) is 7.05 Å². The van der Waals surface area contributed by atoms with Crippen molar-refractivity contribution >= 4 is 5.91 Å². The predicted molar refractivity (Wildman–Crippen MR) is 72.4 cm³/mol. The third kappa shape index (κ3) is 3.24. The van der Waals surface area contributed by atoms with E-state index in [-0.39, 0.29) is 12.5 Å². The Morgan fingerprint density at radius 3 is 2.62 bits per heavy atom. The predicted octanol–water partition coefficient (Wildman–Crippen LogP) is 1.82. The fourth-order valence-electron chi connectivity index (χ4n) is 1.86. The number of hydrogen-bond donors (Lipinski definition) is 1. The van der Waals surface area contributed by atoms with Crippen LogP contribution >= 0.6 is 0 Å². The smallest absolute Gasteiger partial charge is 0.227 e. The fourth-order valence-corrected chi connectivity index (χ4v) is 1.86. The minimum atomic E-state index is -0.962. The third-order valence-electron chi connectivity index (χ3n) is 3.44. The van der Waals surface area contributed by atoms with Gasteiger partial charge in [-0.05, 0) is 31.5 Å². The van der Waals surface area contributed by atoms with Crippen LogP contribution in [0.25, 0.3) is 0 Å². The van der Waals surface area contributed by atoms with Gasteiger partial charge < -0.3 is 9.88 Å². The average molecular weight is 294 g/mol. The van der Waals surface area contributed by atoms with Gasteiger partial charge in [-0.2, -0.15) is 0 Å². The quantitative estimate of drug-likeness (QED) is 0.935. The van der Waals surface area contributed by atoms with Gasteiger partial charge in [0.1, 0.15) is 5.82 Å². The van der Waals surface area contributed by atoms with Gasteiger partial charge in [-0.15, -0.1) is 10.2 Å². The molecule has 1 heterocycles. The summed E-state index contributed by atoms with van der Waals surface area (Å²) in [7, 11) is 1.80. The van der Waals surface area contributed by atoms with Gasteiger partial charge in [0.25, 0.3) is 0 Å². The van der Waals surface area contributed by atoms with Crippen LogP contribution < -0.4 is 5.32 Å². The van der Waals surface area contributed by atoms with Gasteiger partial charge in [-0.1, -0.05) is 6.07 Å². The van der Waals surface area contributed by atoms with Gasteiger partial charge in [0.05, 0.1) is 12.5 Å². The summed E-state index contributed by atoms with van der Waals surface area (Å²) in [5.41, 5.74) is 0.417. The summed E-state index contributed by atoms with van der Waals surface area (Å²) in [6.07, 6.45) is 0. The van der Waals surface area contributed by atoms with Crippen LogP contribution in [-0.4, -0.2) is 20.7 Å². The molecule has 0 spiro atoms. The number of benzene rings is 1. The lowest BCUT2D eigenvalue weighted by Crippen LogP contribution is -2.28. The van der Waals surface area contributed by atoms with Crippen molar-refractivity contribution in [1.29, 1.82) is 0 Å². The van der Waals surface area contributed by atoms with Crippen molar-refractivity contribution in [3.8, 4) is 0 Å². The number of carbonyl (C=O) groups excluding carboxylic acids is 1. The Morgan fingerprint density at radius 1 is 1.33 bits per heavy atom. The number of hydrogen-bond acceptors (Lipinski definition) is 3. The SMILES string of the molecule is Cc1nnc(CNC(=O)C(C)c2ccc(F)c(F)c2)n1C. The number of aryl methyl sites for hydroxylation is 1. The highest BCUT2D eigenvalue weighted by Gasteiger charge is 2.17. The molecule has 2 rings (SSSR count). The zero-order valence-electron chi connectivity index (χ0n) is 12.0. The molecule has 1 unspecified atom stereocenters. The van der Waals surface area contributed by atoms with Gasteiger partial charge in [0.2, 0.25) is 5.91 Å². The lowest BCUT2D eigenvalue weighted by Gasteiger charge is -2.12. The van der Waals surface area contributed by atoms with Gasteiger partial charge in [0.15, 0.2) is 17.5 Å². The molecule has 0 bridgehead atoms. The van der Waals surface area contributed by atoms with Crippen LogP contribution in [0.1, 0.15) is 30.1 Å². The molecular weight excluding hydrogens is 278 g/mol. The average Bonchev–Trinajstić information content (AvgIpc) is 2.78. The summed E-state index contributed by atoms with van der Waals surface area (Å²) in [5.74, 6) is -1.40. The molecule has 0 saturated carbocycles. The van der Waals surface area contributed by atoms with E-state index in [1.54, 1.807) is 18.5 Å². The zero-order valence-corrected chi connectivity index (χ0v) is 12.0. The van der Waals surface area contributed by atoms with Gasteiger partial charge in [-0.25, -0.2) is 8.78 Å². The van der Waals surface area contributed by atoms with E-state index in [2.05, 4.69) is 15.5 Å². The standard InChI is InChI=1S/C14H16F2N4O/c1-8(10-4-5-11(15)12(16)6-10)14(21)17-7-13-19-18-9(2)20(13)3/h4-6,8H,7H2,1-3H3,(H,17,21). The van der Waals surface area contributed by atoms with Crippen LogP contribution in [0.4, 0.5) is 8.78 Å². The number of aromatic nitrogens is 3. The molecule has 5 nitrogen and oxygen atoms in total. The lowest BCUT2D eigenvalue weighted by atomic mass is 10.0. The van der Waals surface area contributed by atoms with Crippen molar-refractivity contribution in [2.45, 2.75) is 26.3 Å². The number of amides is 1. The Kier molecular flexibility index (Phi) is 4.30. The first-order valence-electron chi connectivity index (χ1n) is 6.47. The number of carbonyl (C=O) groups is 1. The van der Waals surface area contributed by atoms with Gasteiger partial charge >= 0.3 is 0 Å². The maximum Gasteiger partial charge on any atom is 0.227 e. The zero-order chi connectivity index (χ0) is 15.6. The van der Waals surface area contributed by atoms with Crippen LogP contribution in [0.5, 0.6) is 0 Å². The molecule has 1 N–H and O–H groups in total. The molecular formula is C14H16F2N4O. The normalized spacial score (nSPS) is 12.2. The molecule has 112 valence electrons. The van der Waals surface area contributed by atoms with Crippen LogP contribution in [-0.2, 0) is 18.4 Å². The molecule has 21 heavy (non-hydrogen) atoms. The molecule has 1 aromatic heterocycles. The Hall–Kier alpha value is -2.31. The lowest BCUT2D eigenvalue weighted by molar-refractivity contribution is -0.122. The van der Waals surface area contributed by atoms with Crippen LogP contribution in [0.2, 0.25) is 0 Å². The van der Waals surface area contributed by atoms with Crippen molar-refractivity contribution in [1.82, 2.24) is 20.1 Å². The van der Waals surface area contributed by atoms with E-state index < -0.39 is 17.6 Å². The third-order valence-corrected chi connectivity index (χ3v) is 3.44. The largest absolute Gasteiger partial charge is 0.348 e. The Balaban J connectivity index is 2.02. The molecule has 1 aromatic carbocycles. The molecule has 0 radical (unpaired) electrons. The minimum Gasteiger partial charge on any atom is -0.348 e. The summed E-state index contributed by atoms with van der Waals surface area (Å²) in [6, 6.07) is 3.45. The number of nitrogens with zero attached hydrogens (tertiary/aromatic N) is 3. The first kappa shape index (κ1) is 15.1. The molecule has 7 heteroatoms. The van der Waals surface area contributed by atoms with E-state index in [1.165, 1.54) is 6.07 Å². The maximum atomic E-state index is 13.2.